The third-order valence-electron chi connectivity index (χ3n) is 5.86. The number of rotatable bonds is 4. The van der Waals surface area contributed by atoms with E-state index in [0.717, 1.165) is 0 Å². The summed E-state index contributed by atoms with van der Waals surface area (Å²) in [6, 6.07) is 13.7. The molecule has 1 atom stereocenters. The average Bonchev–Trinajstić information content (AvgIpc) is 3.14. The van der Waals surface area contributed by atoms with Crippen LogP contribution in [0.2, 0.25) is 5.02 Å². The van der Waals surface area contributed by atoms with Gasteiger partial charge in [0.1, 0.15) is 30.5 Å². The number of fused-ring (bicyclic) bond motifs is 1. The van der Waals surface area contributed by atoms with Gasteiger partial charge in [-0.3, -0.25) is 14.5 Å². The van der Waals surface area contributed by atoms with Crippen LogP contribution in [0.4, 0.5) is 10.1 Å². The van der Waals surface area contributed by atoms with Crippen LogP contribution >= 0.6 is 11.6 Å². The monoisotopic (exact) mass is 495 g/mol. The summed E-state index contributed by atoms with van der Waals surface area (Å²) >= 11 is 6.28. The van der Waals surface area contributed by atoms with Crippen molar-refractivity contribution in [2.24, 2.45) is 0 Å². The van der Waals surface area contributed by atoms with E-state index in [2.05, 4.69) is 0 Å². The first-order chi connectivity index (χ1) is 16.9. The van der Waals surface area contributed by atoms with Gasteiger partial charge in [0.25, 0.3) is 11.7 Å². The number of benzene rings is 3. The van der Waals surface area contributed by atoms with Crippen molar-refractivity contribution in [1.82, 2.24) is 0 Å². The zero-order chi connectivity index (χ0) is 24.7. The van der Waals surface area contributed by atoms with Crippen molar-refractivity contribution in [1.29, 1.82) is 0 Å². The second-order valence-electron chi connectivity index (χ2n) is 7.90. The summed E-state index contributed by atoms with van der Waals surface area (Å²) in [7, 11) is 1.46. The van der Waals surface area contributed by atoms with Gasteiger partial charge in [0, 0.05) is 11.3 Å². The van der Waals surface area contributed by atoms with Crippen molar-refractivity contribution in [3.05, 3.63) is 88.2 Å². The van der Waals surface area contributed by atoms with Gasteiger partial charge in [-0.25, -0.2) is 4.39 Å². The average molecular weight is 496 g/mol. The number of methoxy groups -OCH3 is 1. The Hall–Kier alpha value is -4.04. The number of halogens is 2. The quantitative estimate of drug-likeness (QED) is 0.315. The van der Waals surface area contributed by atoms with Crippen molar-refractivity contribution in [3.8, 4) is 17.2 Å². The summed E-state index contributed by atoms with van der Waals surface area (Å²) in [5.74, 6) is -1.31. The smallest absolute Gasteiger partial charge is 0.300 e. The molecule has 2 heterocycles. The number of nitrogens with zero attached hydrogens (tertiary/aromatic N) is 1. The predicted molar refractivity (Wildman–Crippen MR) is 127 cm³/mol. The van der Waals surface area contributed by atoms with Crippen molar-refractivity contribution >= 4 is 34.7 Å². The van der Waals surface area contributed by atoms with Crippen LogP contribution in [-0.4, -0.2) is 37.1 Å². The molecule has 1 amide bonds. The Balaban J connectivity index is 1.68. The highest BCUT2D eigenvalue weighted by Gasteiger charge is 2.47. The lowest BCUT2D eigenvalue weighted by atomic mass is 9.95. The van der Waals surface area contributed by atoms with Crippen LogP contribution in [0.25, 0.3) is 5.76 Å². The zero-order valence-electron chi connectivity index (χ0n) is 18.5. The van der Waals surface area contributed by atoms with Crippen LogP contribution < -0.4 is 19.1 Å². The number of aliphatic hydroxyl groups is 1. The van der Waals surface area contributed by atoms with Crippen molar-refractivity contribution < 1.29 is 33.3 Å². The fourth-order valence-electron chi connectivity index (χ4n) is 4.21. The summed E-state index contributed by atoms with van der Waals surface area (Å²) < 4.78 is 30.0. The molecule has 2 aliphatic rings. The number of amides is 1. The Labute approximate surface area is 204 Å². The minimum Gasteiger partial charge on any atom is -0.507 e. The van der Waals surface area contributed by atoms with Crippen LogP contribution in [0.3, 0.4) is 0 Å². The molecule has 1 fully saturated rings. The number of carbonyl (C=O) groups is 2. The van der Waals surface area contributed by atoms with Crippen LogP contribution in [-0.2, 0) is 9.59 Å². The Bertz CT molecular complexity index is 1370. The zero-order valence-corrected chi connectivity index (χ0v) is 19.2. The van der Waals surface area contributed by atoms with E-state index >= 15 is 0 Å². The van der Waals surface area contributed by atoms with Gasteiger partial charge in [-0.15, -0.1) is 0 Å². The predicted octanol–water partition coefficient (Wildman–Crippen LogP) is 4.89. The van der Waals surface area contributed by atoms with Gasteiger partial charge in [-0.2, -0.15) is 0 Å². The highest BCUT2D eigenvalue weighted by atomic mass is 35.5. The molecule has 7 nitrogen and oxygen atoms in total. The lowest BCUT2D eigenvalue weighted by Crippen LogP contribution is -2.29. The van der Waals surface area contributed by atoms with Crippen LogP contribution in [0.1, 0.15) is 17.2 Å². The van der Waals surface area contributed by atoms with E-state index in [1.54, 1.807) is 30.3 Å². The summed E-state index contributed by atoms with van der Waals surface area (Å²) in [5, 5.41) is 11.5. The first kappa shape index (κ1) is 22.7. The third kappa shape index (κ3) is 3.95. The molecule has 35 heavy (non-hydrogen) atoms. The molecule has 0 bridgehead atoms. The van der Waals surface area contributed by atoms with Gasteiger partial charge in [0.05, 0.1) is 23.7 Å². The van der Waals surface area contributed by atoms with Gasteiger partial charge in [-0.05, 0) is 54.1 Å². The van der Waals surface area contributed by atoms with Crippen molar-refractivity contribution in [2.45, 2.75) is 6.04 Å². The van der Waals surface area contributed by atoms with E-state index in [4.69, 9.17) is 25.8 Å². The Kier molecular flexibility index (Phi) is 5.82. The van der Waals surface area contributed by atoms with Gasteiger partial charge < -0.3 is 19.3 Å². The number of hydrogen-bond acceptors (Lipinski definition) is 6. The molecule has 2 aliphatic heterocycles. The largest absolute Gasteiger partial charge is 0.507 e. The Morgan fingerprint density at radius 3 is 2.43 bits per heavy atom. The lowest BCUT2D eigenvalue weighted by Gasteiger charge is -2.26. The van der Waals surface area contributed by atoms with E-state index in [-0.39, 0.29) is 16.2 Å². The van der Waals surface area contributed by atoms with Gasteiger partial charge >= 0.3 is 0 Å². The molecule has 1 unspecified atom stereocenters. The molecule has 178 valence electrons. The SMILES string of the molecule is COc1ccc(N2C(=O)C(=O)/C(=C(\O)c3ccc4c(c3)OCCO4)C2c2ccc(F)cc2)cc1Cl. The normalized spacial score (nSPS) is 18.6. The van der Waals surface area contributed by atoms with Crippen molar-refractivity contribution in [3.63, 3.8) is 0 Å². The van der Waals surface area contributed by atoms with Crippen LogP contribution in [0.15, 0.2) is 66.2 Å². The van der Waals surface area contributed by atoms with Gasteiger partial charge in [0.15, 0.2) is 11.5 Å². The number of Topliss-reactive ketones (excluding diaryl/α,β-unsaturated/α-hetero) is 1. The molecule has 0 aliphatic carbocycles. The summed E-state index contributed by atoms with van der Waals surface area (Å²) in [5.41, 5.74) is 0.863. The maximum atomic E-state index is 13.7. The molecule has 9 heteroatoms. The molecule has 3 aromatic rings. The topological polar surface area (TPSA) is 85.3 Å². The molecular weight excluding hydrogens is 477 g/mol. The Morgan fingerprint density at radius 2 is 1.74 bits per heavy atom. The molecule has 1 saturated heterocycles. The van der Waals surface area contributed by atoms with E-state index in [1.807, 2.05) is 0 Å². The number of carbonyl (C=O) groups excluding carboxylic acids is 2. The van der Waals surface area contributed by atoms with E-state index in [0.29, 0.717) is 41.7 Å². The molecule has 1 N–H and O–H groups in total. The van der Waals surface area contributed by atoms with Gasteiger partial charge in [-0.1, -0.05) is 23.7 Å². The molecule has 5 rings (SSSR count). The van der Waals surface area contributed by atoms with Crippen LogP contribution in [0.5, 0.6) is 17.2 Å². The maximum absolute atomic E-state index is 13.7. The minimum atomic E-state index is -1.03. The minimum absolute atomic E-state index is 0.148. The number of ether oxygens (including phenoxy) is 3. The second-order valence-corrected chi connectivity index (χ2v) is 8.31. The highest BCUT2D eigenvalue weighted by molar-refractivity contribution is 6.51. The number of hydrogen-bond donors (Lipinski definition) is 1. The van der Waals surface area contributed by atoms with E-state index in [9.17, 15) is 19.1 Å². The summed E-state index contributed by atoms with van der Waals surface area (Å²) in [6.07, 6.45) is 0. The molecule has 0 saturated carbocycles. The summed E-state index contributed by atoms with van der Waals surface area (Å²) in [6.45, 7) is 0.744. The number of ketones is 1. The molecule has 0 aromatic heterocycles. The highest BCUT2D eigenvalue weighted by Crippen LogP contribution is 2.44. The summed E-state index contributed by atoms with van der Waals surface area (Å²) in [4.78, 5) is 27.7. The van der Waals surface area contributed by atoms with Gasteiger partial charge in [0.2, 0.25) is 0 Å². The fourth-order valence-corrected chi connectivity index (χ4v) is 4.46. The fraction of sp³-hybridized carbons (Fsp3) is 0.154. The molecule has 0 radical (unpaired) electrons. The number of aliphatic hydroxyl groups excluding tert-OH is 1. The third-order valence-corrected chi connectivity index (χ3v) is 6.15. The van der Waals surface area contributed by atoms with E-state index in [1.165, 1.54) is 42.3 Å². The van der Waals surface area contributed by atoms with Crippen LogP contribution in [0, 0.1) is 5.82 Å². The lowest BCUT2D eigenvalue weighted by molar-refractivity contribution is -0.132. The van der Waals surface area contributed by atoms with Crippen molar-refractivity contribution in [2.75, 3.05) is 25.2 Å². The Morgan fingerprint density at radius 1 is 1.03 bits per heavy atom. The van der Waals surface area contributed by atoms with E-state index < -0.39 is 29.3 Å². The second kappa shape index (κ2) is 8.96. The molecule has 3 aromatic carbocycles. The number of anilines is 1. The first-order valence-corrected chi connectivity index (χ1v) is 11.1. The standard InChI is InChI=1S/C26H19ClFNO6/c1-33-19-9-7-17(13-18(19)27)29-23(14-2-5-16(28)6-3-14)22(25(31)26(29)32)24(30)15-4-8-20-21(12-15)35-11-10-34-20/h2-9,12-13,23,30H,10-11H2,1H3/b24-22-. The molecule has 0 spiro atoms. The first-order valence-electron chi connectivity index (χ1n) is 10.7. The maximum Gasteiger partial charge on any atom is 0.300 e. The molecular formula is C26H19ClFNO6.